The van der Waals surface area contributed by atoms with Crippen molar-refractivity contribution >= 4 is 23.2 Å². The number of amides is 1. The molecular formula is C19H22N2O4S. The molecule has 2 atom stereocenters. The number of carboxylic acid groups (broad SMARTS) is 1. The lowest BCUT2D eigenvalue weighted by atomic mass is 10.1. The van der Waals surface area contributed by atoms with Gasteiger partial charge in [0.15, 0.2) is 0 Å². The van der Waals surface area contributed by atoms with Gasteiger partial charge in [0.05, 0.1) is 24.6 Å². The topological polar surface area (TPSA) is 88.5 Å². The maximum Gasteiger partial charge on any atom is 0.306 e. The van der Waals surface area contributed by atoms with E-state index >= 15 is 0 Å². The third-order valence-corrected chi connectivity index (χ3v) is 5.39. The fourth-order valence-corrected chi connectivity index (χ4v) is 3.99. The number of carboxylic acids is 1. The van der Waals surface area contributed by atoms with E-state index in [1.54, 1.807) is 0 Å². The molecule has 1 aliphatic rings. The number of hydrogen-bond acceptors (Lipinski definition) is 5. The quantitative estimate of drug-likeness (QED) is 0.777. The average Bonchev–Trinajstić information content (AvgIpc) is 3.25. The lowest BCUT2D eigenvalue weighted by molar-refractivity contribution is -0.141. The minimum absolute atomic E-state index is 0.0483. The summed E-state index contributed by atoms with van der Waals surface area (Å²) in [4.78, 5) is 27.7. The molecule has 0 aliphatic heterocycles. The van der Waals surface area contributed by atoms with Crippen LogP contribution in [0, 0.1) is 5.92 Å². The van der Waals surface area contributed by atoms with E-state index < -0.39 is 5.97 Å². The molecule has 0 unspecified atom stereocenters. The molecule has 6 nitrogen and oxygen atoms in total. The molecule has 2 aromatic rings. The molecule has 1 amide bonds. The Morgan fingerprint density at radius 1 is 1.31 bits per heavy atom. The van der Waals surface area contributed by atoms with Crippen LogP contribution in [0.3, 0.4) is 0 Å². The molecule has 1 fully saturated rings. The number of carbonyl (C=O) groups excluding carboxylic acids is 1. The van der Waals surface area contributed by atoms with E-state index in [-0.39, 0.29) is 24.3 Å². The molecule has 1 saturated carbocycles. The Balaban J connectivity index is 1.54. The first-order valence-electron chi connectivity index (χ1n) is 8.75. The molecule has 0 radical (unpaired) electrons. The van der Waals surface area contributed by atoms with E-state index in [0.717, 1.165) is 28.4 Å². The van der Waals surface area contributed by atoms with Gasteiger partial charge in [0, 0.05) is 17.0 Å². The molecule has 2 N–H and O–H groups in total. The fourth-order valence-electron chi connectivity index (χ4n) is 3.16. The summed E-state index contributed by atoms with van der Waals surface area (Å²) < 4.78 is 5.43. The Morgan fingerprint density at radius 2 is 2.08 bits per heavy atom. The van der Waals surface area contributed by atoms with Crippen LogP contribution in [-0.2, 0) is 16.0 Å². The van der Waals surface area contributed by atoms with Gasteiger partial charge in [0.2, 0.25) is 5.91 Å². The van der Waals surface area contributed by atoms with E-state index in [0.29, 0.717) is 19.4 Å². The summed E-state index contributed by atoms with van der Waals surface area (Å²) in [6.07, 6.45) is 2.06. The highest BCUT2D eigenvalue weighted by Crippen LogP contribution is 2.27. The molecule has 1 aromatic heterocycles. The zero-order chi connectivity index (χ0) is 18.5. The monoisotopic (exact) mass is 374 g/mol. The Hall–Kier alpha value is -2.41. The predicted molar refractivity (Wildman–Crippen MR) is 99.3 cm³/mol. The summed E-state index contributed by atoms with van der Waals surface area (Å²) in [6, 6.07) is 7.68. The van der Waals surface area contributed by atoms with Crippen molar-refractivity contribution in [3.63, 3.8) is 0 Å². The summed E-state index contributed by atoms with van der Waals surface area (Å²) in [6.45, 7) is 2.57. The van der Waals surface area contributed by atoms with Crippen molar-refractivity contribution in [2.45, 2.75) is 38.6 Å². The molecule has 1 aromatic carbocycles. The third kappa shape index (κ3) is 4.60. The lowest BCUT2D eigenvalue weighted by Gasteiger charge is -2.11. The van der Waals surface area contributed by atoms with Crippen molar-refractivity contribution in [1.82, 2.24) is 10.3 Å². The van der Waals surface area contributed by atoms with Gasteiger partial charge >= 0.3 is 5.97 Å². The second kappa shape index (κ2) is 8.31. The Bertz CT molecular complexity index is 772. The second-order valence-electron chi connectivity index (χ2n) is 6.39. The first-order chi connectivity index (χ1) is 12.5. The van der Waals surface area contributed by atoms with Gasteiger partial charge in [-0.25, -0.2) is 4.98 Å². The van der Waals surface area contributed by atoms with Crippen molar-refractivity contribution in [3.8, 4) is 16.3 Å². The number of nitrogens with one attached hydrogen (secondary N) is 1. The van der Waals surface area contributed by atoms with Crippen molar-refractivity contribution in [2.24, 2.45) is 5.92 Å². The molecule has 7 heteroatoms. The van der Waals surface area contributed by atoms with Gasteiger partial charge in [0.1, 0.15) is 10.8 Å². The number of benzene rings is 1. The maximum atomic E-state index is 12.2. The van der Waals surface area contributed by atoms with Crippen molar-refractivity contribution in [1.29, 1.82) is 0 Å². The van der Waals surface area contributed by atoms with Gasteiger partial charge in [-0.1, -0.05) is 0 Å². The zero-order valence-corrected chi connectivity index (χ0v) is 15.4. The van der Waals surface area contributed by atoms with Gasteiger partial charge < -0.3 is 15.2 Å². The van der Waals surface area contributed by atoms with Gasteiger partial charge in [-0.05, 0) is 50.5 Å². The largest absolute Gasteiger partial charge is 0.494 e. The van der Waals surface area contributed by atoms with Crippen LogP contribution in [0.25, 0.3) is 10.6 Å². The summed E-state index contributed by atoms with van der Waals surface area (Å²) >= 11 is 1.50. The number of rotatable bonds is 7. The van der Waals surface area contributed by atoms with E-state index in [1.807, 2.05) is 36.6 Å². The van der Waals surface area contributed by atoms with Crippen LogP contribution in [0.15, 0.2) is 29.6 Å². The number of ether oxygens (including phenoxy) is 1. The summed E-state index contributed by atoms with van der Waals surface area (Å²) in [5.41, 5.74) is 1.72. The zero-order valence-electron chi connectivity index (χ0n) is 14.6. The first-order valence-corrected chi connectivity index (χ1v) is 9.63. The van der Waals surface area contributed by atoms with Gasteiger partial charge in [-0.15, -0.1) is 11.3 Å². The maximum absolute atomic E-state index is 12.2. The lowest BCUT2D eigenvalue weighted by Crippen LogP contribution is -2.34. The number of aromatic nitrogens is 1. The highest BCUT2D eigenvalue weighted by Gasteiger charge is 2.30. The van der Waals surface area contributed by atoms with Crippen LogP contribution in [0.4, 0.5) is 0 Å². The van der Waals surface area contributed by atoms with Crippen LogP contribution in [0.1, 0.15) is 31.9 Å². The molecule has 0 spiro atoms. The average molecular weight is 374 g/mol. The molecule has 1 aliphatic carbocycles. The molecule has 0 saturated heterocycles. The standard InChI is InChI=1S/C19H22N2O4S/c1-2-25-16-7-4-12(5-8-16)18-21-15(11-26-18)10-17(22)20-14-6-3-13(9-14)19(23)24/h4-5,7-8,11,13-14H,2-3,6,9-10H2,1H3,(H,20,22)(H,23,24)/t13-,14+/m0/s1. The van der Waals surface area contributed by atoms with Crippen LogP contribution >= 0.6 is 11.3 Å². The molecule has 0 bridgehead atoms. The van der Waals surface area contributed by atoms with Crippen LogP contribution in [0.2, 0.25) is 0 Å². The molecule has 138 valence electrons. The van der Waals surface area contributed by atoms with Gasteiger partial charge in [0.25, 0.3) is 0 Å². The normalized spacial score (nSPS) is 19.3. The van der Waals surface area contributed by atoms with E-state index in [2.05, 4.69) is 10.3 Å². The minimum atomic E-state index is -0.777. The SMILES string of the molecule is CCOc1ccc(-c2nc(CC(=O)N[C@@H]3CC[C@H](C(=O)O)C3)cs2)cc1. The predicted octanol–water partition coefficient (Wildman–Crippen LogP) is 3.12. The Labute approximate surface area is 156 Å². The van der Waals surface area contributed by atoms with Crippen LogP contribution in [0.5, 0.6) is 5.75 Å². The second-order valence-corrected chi connectivity index (χ2v) is 7.25. The number of thiazole rings is 1. The molecule has 1 heterocycles. The molecular weight excluding hydrogens is 352 g/mol. The number of aliphatic carboxylic acids is 1. The smallest absolute Gasteiger partial charge is 0.306 e. The summed E-state index contributed by atoms with van der Waals surface area (Å²) in [5, 5.41) is 14.7. The highest BCUT2D eigenvalue weighted by atomic mass is 32.1. The number of nitrogens with zero attached hydrogens (tertiary/aromatic N) is 1. The van der Waals surface area contributed by atoms with E-state index in [1.165, 1.54) is 11.3 Å². The highest BCUT2D eigenvalue weighted by molar-refractivity contribution is 7.13. The number of carbonyl (C=O) groups is 2. The van der Waals surface area contributed by atoms with Crippen LogP contribution in [-0.4, -0.2) is 34.6 Å². The minimum Gasteiger partial charge on any atom is -0.494 e. The van der Waals surface area contributed by atoms with Gasteiger partial charge in [-0.3, -0.25) is 9.59 Å². The van der Waals surface area contributed by atoms with Crippen LogP contribution < -0.4 is 10.1 Å². The van der Waals surface area contributed by atoms with Crippen molar-refractivity contribution in [3.05, 3.63) is 35.3 Å². The van der Waals surface area contributed by atoms with E-state index in [4.69, 9.17) is 9.84 Å². The Morgan fingerprint density at radius 3 is 2.73 bits per heavy atom. The third-order valence-electron chi connectivity index (χ3n) is 4.45. The summed E-state index contributed by atoms with van der Waals surface area (Å²) in [7, 11) is 0. The number of hydrogen-bond donors (Lipinski definition) is 2. The van der Waals surface area contributed by atoms with Crippen molar-refractivity contribution in [2.75, 3.05) is 6.61 Å². The fraction of sp³-hybridized carbons (Fsp3) is 0.421. The molecule has 3 rings (SSSR count). The van der Waals surface area contributed by atoms with E-state index in [9.17, 15) is 9.59 Å². The molecule has 26 heavy (non-hydrogen) atoms. The first kappa shape index (κ1) is 18.4. The van der Waals surface area contributed by atoms with Gasteiger partial charge in [-0.2, -0.15) is 0 Å². The van der Waals surface area contributed by atoms with Crippen molar-refractivity contribution < 1.29 is 19.4 Å². The summed E-state index contributed by atoms with van der Waals surface area (Å²) in [5.74, 6) is -0.402. The Kier molecular flexibility index (Phi) is 5.88.